The van der Waals surface area contributed by atoms with Crippen molar-refractivity contribution in [1.82, 2.24) is 4.90 Å². The molecule has 2 rings (SSSR count). The molecule has 7 heteroatoms. The lowest BCUT2D eigenvalue weighted by atomic mass is 10.2. The maximum absolute atomic E-state index is 6.02. The zero-order valence-electron chi connectivity index (χ0n) is 16.9. The van der Waals surface area contributed by atoms with Crippen molar-refractivity contribution in [2.24, 2.45) is 10.7 Å². The molecule has 28 heavy (non-hydrogen) atoms. The van der Waals surface area contributed by atoms with E-state index in [9.17, 15) is 0 Å². The summed E-state index contributed by atoms with van der Waals surface area (Å²) in [5.41, 5.74) is 9.04. The monoisotopic (exact) mass is 498 g/mol. The van der Waals surface area contributed by atoms with E-state index >= 15 is 0 Å². The van der Waals surface area contributed by atoms with Crippen LogP contribution in [0.1, 0.15) is 17.5 Å². The van der Waals surface area contributed by atoms with Crippen molar-refractivity contribution >= 4 is 35.6 Å². The highest BCUT2D eigenvalue weighted by Gasteiger charge is 2.02. The Morgan fingerprint density at radius 2 is 1.82 bits per heavy atom. The van der Waals surface area contributed by atoms with E-state index in [1.807, 2.05) is 48.5 Å². The van der Waals surface area contributed by atoms with Gasteiger partial charge in [0.25, 0.3) is 0 Å². The molecule has 0 bridgehead atoms. The van der Waals surface area contributed by atoms with Crippen LogP contribution in [-0.4, -0.2) is 45.2 Å². The standard InChI is InChI=1S/C21H30N4O2.HI/c1-25(2)13-6-14-27-19-11-9-17(10-12-19)15-23-21(22)24-20-8-5-4-7-18(20)16-26-3;/h4-5,7-12H,6,13-16H2,1-3H3,(H3,22,23,24);1H. The highest BCUT2D eigenvalue weighted by molar-refractivity contribution is 14.0. The molecule has 6 nitrogen and oxygen atoms in total. The Morgan fingerprint density at radius 3 is 2.50 bits per heavy atom. The summed E-state index contributed by atoms with van der Waals surface area (Å²) in [4.78, 5) is 6.56. The summed E-state index contributed by atoms with van der Waals surface area (Å²) in [7, 11) is 5.79. The smallest absolute Gasteiger partial charge is 0.193 e. The van der Waals surface area contributed by atoms with E-state index < -0.39 is 0 Å². The fraction of sp³-hybridized carbons (Fsp3) is 0.381. The van der Waals surface area contributed by atoms with Crippen LogP contribution in [0.25, 0.3) is 0 Å². The molecule has 0 aliphatic rings. The Bertz CT molecular complexity index is 721. The molecule has 0 saturated heterocycles. The lowest BCUT2D eigenvalue weighted by Gasteiger charge is -2.11. The third kappa shape index (κ3) is 8.90. The highest BCUT2D eigenvalue weighted by atomic mass is 127. The number of nitrogens with two attached hydrogens (primary N) is 1. The Labute approximate surface area is 185 Å². The first kappa shape index (κ1) is 24.2. The molecule has 0 unspecified atom stereocenters. The zero-order chi connectivity index (χ0) is 19.5. The second-order valence-electron chi connectivity index (χ2n) is 6.57. The van der Waals surface area contributed by atoms with Gasteiger partial charge in [0, 0.05) is 24.9 Å². The SMILES string of the molecule is COCc1ccccc1NC(N)=NCc1ccc(OCCCN(C)C)cc1.I. The topological polar surface area (TPSA) is 72.1 Å². The van der Waals surface area contributed by atoms with E-state index in [4.69, 9.17) is 15.2 Å². The Morgan fingerprint density at radius 1 is 1.11 bits per heavy atom. The van der Waals surface area contributed by atoms with E-state index in [0.29, 0.717) is 25.7 Å². The van der Waals surface area contributed by atoms with Gasteiger partial charge >= 0.3 is 0 Å². The van der Waals surface area contributed by atoms with Crippen molar-refractivity contribution in [3.05, 3.63) is 59.7 Å². The van der Waals surface area contributed by atoms with Crippen LogP contribution in [0.5, 0.6) is 5.75 Å². The number of halogens is 1. The lowest BCUT2D eigenvalue weighted by Crippen LogP contribution is -2.23. The number of para-hydroxylation sites is 1. The van der Waals surface area contributed by atoms with Crippen LogP contribution in [0.2, 0.25) is 0 Å². The number of nitrogens with zero attached hydrogens (tertiary/aromatic N) is 2. The average molecular weight is 498 g/mol. The molecular weight excluding hydrogens is 467 g/mol. The van der Waals surface area contributed by atoms with Gasteiger partial charge in [-0.1, -0.05) is 30.3 Å². The number of hydrogen-bond donors (Lipinski definition) is 2. The Kier molecular flexibility index (Phi) is 11.5. The molecule has 2 aromatic rings. The fourth-order valence-electron chi connectivity index (χ4n) is 2.54. The number of benzene rings is 2. The van der Waals surface area contributed by atoms with Gasteiger partial charge in [-0.2, -0.15) is 0 Å². The fourth-order valence-corrected chi connectivity index (χ4v) is 2.54. The molecule has 0 radical (unpaired) electrons. The molecule has 0 heterocycles. The summed E-state index contributed by atoms with van der Waals surface area (Å²) in [5, 5.41) is 3.14. The zero-order valence-corrected chi connectivity index (χ0v) is 19.2. The van der Waals surface area contributed by atoms with Crippen LogP contribution in [0.3, 0.4) is 0 Å². The molecular formula is C21H31IN4O2. The van der Waals surface area contributed by atoms with Gasteiger partial charge in [0.15, 0.2) is 5.96 Å². The molecule has 3 N–H and O–H groups in total. The first-order valence-corrected chi connectivity index (χ1v) is 9.08. The van der Waals surface area contributed by atoms with Crippen LogP contribution in [0, 0.1) is 0 Å². The van der Waals surface area contributed by atoms with Crippen molar-refractivity contribution in [3.63, 3.8) is 0 Å². The van der Waals surface area contributed by atoms with Gasteiger partial charge in [-0.3, -0.25) is 0 Å². The third-order valence-corrected chi connectivity index (χ3v) is 3.95. The Hall–Kier alpha value is -1.84. The predicted octanol–water partition coefficient (Wildman–Crippen LogP) is 3.71. The molecule has 0 aliphatic heterocycles. The average Bonchev–Trinajstić information content (AvgIpc) is 2.66. The molecule has 0 amide bonds. The summed E-state index contributed by atoms with van der Waals surface area (Å²) in [5.74, 6) is 1.25. The molecule has 0 saturated carbocycles. The summed E-state index contributed by atoms with van der Waals surface area (Å²) in [6.07, 6.45) is 1.01. The molecule has 154 valence electrons. The maximum Gasteiger partial charge on any atom is 0.193 e. The van der Waals surface area contributed by atoms with E-state index in [-0.39, 0.29) is 24.0 Å². The number of rotatable bonds is 10. The number of hydrogen-bond acceptors (Lipinski definition) is 4. The quantitative estimate of drug-likeness (QED) is 0.226. The summed E-state index contributed by atoms with van der Waals surface area (Å²) in [6.45, 7) is 2.76. The van der Waals surface area contributed by atoms with Crippen LogP contribution in [-0.2, 0) is 17.9 Å². The highest BCUT2D eigenvalue weighted by Crippen LogP contribution is 2.16. The molecule has 0 atom stereocenters. The number of ether oxygens (including phenoxy) is 2. The van der Waals surface area contributed by atoms with Crippen molar-refractivity contribution in [1.29, 1.82) is 0 Å². The maximum atomic E-state index is 6.02. The first-order valence-electron chi connectivity index (χ1n) is 9.08. The van der Waals surface area contributed by atoms with Gasteiger partial charge in [-0.25, -0.2) is 4.99 Å². The molecule has 0 fully saturated rings. The van der Waals surface area contributed by atoms with Gasteiger partial charge in [0.05, 0.1) is 19.8 Å². The van der Waals surface area contributed by atoms with E-state index in [1.165, 1.54) is 0 Å². The number of nitrogens with one attached hydrogen (secondary N) is 1. The van der Waals surface area contributed by atoms with Crippen LogP contribution >= 0.6 is 24.0 Å². The molecule has 0 spiro atoms. The van der Waals surface area contributed by atoms with Gasteiger partial charge in [-0.05, 0) is 44.3 Å². The number of aliphatic imine (C=N–C) groups is 1. The minimum absolute atomic E-state index is 0. The van der Waals surface area contributed by atoms with Crippen LogP contribution in [0.15, 0.2) is 53.5 Å². The van der Waals surface area contributed by atoms with E-state index in [1.54, 1.807) is 7.11 Å². The van der Waals surface area contributed by atoms with Gasteiger partial charge in [-0.15, -0.1) is 24.0 Å². The molecule has 0 aliphatic carbocycles. The van der Waals surface area contributed by atoms with Crippen molar-refractivity contribution in [3.8, 4) is 5.75 Å². The van der Waals surface area contributed by atoms with E-state index in [2.05, 4.69) is 29.3 Å². The summed E-state index contributed by atoms with van der Waals surface area (Å²) < 4.78 is 10.9. The third-order valence-electron chi connectivity index (χ3n) is 3.95. The second-order valence-corrected chi connectivity index (χ2v) is 6.57. The Balaban J connectivity index is 0.00000392. The minimum atomic E-state index is 0. The number of methoxy groups -OCH3 is 1. The van der Waals surface area contributed by atoms with Gasteiger partial charge in [0.1, 0.15) is 5.75 Å². The number of guanidine groups is 1. The first-order chi connectivity index (χ1) is 13.1. The minimum Gasteiger partial charge on any atom is -0.494 e. The van der Waals surface area contributed by atoms with Gasteiger partial charge in [0.2, 0.25) is 0 Å². The summed E-state index contributed by atoms with van der Waals surface area (Å²) in [6, 6.07) is 15.8. The van der Waals surface area contributed by atoms with E-state index in [0.717, 1.165) is 35.5 Å². The van der Waals surface area contributed by atoms with Crippen LogP contribution in [0.4, 0.5) is 5.69 Å². The second kappa shape index (κ2) is 13.4. The molecule has 2 aromatic carbocycles. The van der Waals surface area contributed by atoms with Gasteiger partial charge < -0.3 is 25.4 Å². The van der Waals surface area contributed by atoms with Crippen LogP contribution < -0.4 is 15.8 Å². The normalized spacial score (nSPS) is 11.2. The van der Waals surface area contributed by atoms with Crippen molar-refractivity contribution < 1.29 is 9.47 Å². The largest absolute Gasteiger partial charge is 0.494 e. The summed E-state index contributed by atoms with van der Waals surface area (Å²) >= 11 is 0. The molecule has 0 aromatic heterocycles. The van der Waals surface area contributed by atoms with Crippen molar-refractivity contribution in [2.45, 2.75) is 19.6 Å². The number of anilines is 1. The predicted molar refractivity (Wildman–Crippen MR) is 127 cm³/mol. The lowest BCUT2D eigenvalue weighted by molar-refractivity contribution is 0.185. The van der Waals surface area contributed by atoms with Crippen molar-refractivity contribution in [2.75, 3.05) is 39.7 Å².